The van der Waals surface area contributed by atoms with Crippen LogP contribution >= 0.6 is 35.0 Å². The van der Waals surface area contributed by atoms with Gasteiger partial charge in [0.15, 0.2) is 5.16 Å². The fourth-order valence-electron chi connectivity index (χ4n) is 2.58. The molecule has 0 fully saturated rings. The molecule has 0 radical (unpaired) electrons. The molecule has 0 atom stereocenters. The molecule has 0 bridgehead atoms. The second-order valence-corrected chi connectivity index (χ2v) is 8.19. The van der Waals surface area contributed by atoms with Crippen LogP contribution in [0.25, 0.3) is 0 Å². The molecule has 1 aromatic heterocycles. The van der Waals surface area contributed by atoms with Crippen LogP contribution in [-0.2, 0) is 18.3 Å². The molecule has 0 unspecified atom stereocenters. The van der Waals surface area contributed by atoms with Crippen LogP contribution in [0.1, 0.15) is 16.2 Å². The Morgan fingerprint density at radius 2 is 1.84 bits per heavy atom. The Morgan fingerprint density at radius 3 is 2.55 bits per heavy atom. The van der Waals surface area contributed by atoms with Crippen LogP contribution in [-0.4, -0.2) is 38.9 Å². The molecule has 2 amide bonds. The van der Waals surface area contributed by atoms with Gasteiger partial charge >= 0.3 is 0 Å². The molecule has 2 aromatic carbocycles. The Bertz CT molecular complexity index is 1090. The molecule has 3 aromatic rings. The Labute approximate surface area is 192 Å². The summed E-state index contributed by atoms with van der Waals surface area (Å²) in [6, 6.07) is 10.2. The van der Waals surface area contributed by atoms with E-state index in [4.69, 9.17) is 23.2 Å². The minimum Gasteiger partial charge on any atom is -0.352 e. The molecule has 1 heterocycles. The highest BCUT2D eigenvalue weighted by atomic mass is 35.5. The van der Waals surface area contributed by atoms with Crippen molar-refractivity contribution in [2.24, 2.45) is 7.05 Å². The van der Waals surface area contributed by atoms with Crippen LogP contribution in [0.15, 0.2) is 47.6 Å². The van der Waals surface area contributed by atoms with Crippen molar-refractivity contribution in [1.29, 1.82) is 0 Å². The normalized spacial score (nSPS) is 10.7. The molecule has 31 heavy (non-hydrogen) atoms. The van der Waals surface area contributed by atoms with E-state index in [0.717, 1.165) is 0 Å². The van der Waals surface area contributed by atoms with Crippen molar-refractivity contribution in [2.45, 2.75) is 11.6 Å². The number of halogens is 3. The average Bonchev–Trinajstić information content (AvgIpc) is 3.09. The smallest absolute Gasteiger partial charge is 0.251 e. The summed E-state index contributed by atoms with van der Waals surface area (Å²) >= 11 is 13.0. The van der Waals surface area contributed by atoms with Crippen LogP contribution in [0.5, 0.6) is 0 Å². The Hall–Kier alpha value is -2.62. The molecular formula is C20H18Cl2FN5O2S. The second kappa shape index (κ2) is 10.6. The molecule has 0 aliphatic rings. The number of nitrogens with one attached hydrogen (secondary N) is 2. The first-order valence-corrected chi connectivity index (χ1v) is 10.9. The highest BCUT2D eigenvalue weighted by Crippen LogP contribution is 2.22. The van der Waals surface area contributed by atoms with Crippen molar-refractivity contribution in [3.05, 3.63) is 69.7 Å². The fraction of sp³-hybridized carbons (Fsp3) is 0.200. The zero-order valence-corrected chi connectivity index (χ0v) is 18.7. The summed E-state index contributed by atoms with van der Waals surface area (Å²) in [6.45, 7) is 0.348. The van der Waals surface area contributed by atoms with Crippen molar-refractivity contribution >= 4 is 52.5 Å². The third kappa shape index (κ3) is 6.43. The van der Waals surface area contributed by atoms with Crippen LogP contribution < -0.4 is 10.6 Å². The standard InChI is InChI=1S/C20H18Cl2FN5O2S/c1-28-17(8-9-24-19(30)12-2-7-15(21)16(22)10-12)26-27-20(28)31-11-18(29)25-14-5-3-13(23)4-6-14/h2-7,10H,8-9,11H2,1H3,(H,24,30)(H,25,29). The Morgan fingerprint density at radius 1 is 1.10 bits per heavy atom. The van der Waals surface area contributed by atoms with Gasteiger partial charge in [-0.3, -0.25) is 9.59 Å². The number of nitrogens with zero attached hydrogens (tertiary/aromatic N) is 3. The third-order valence-corrected chi connectivity index (χ3v) is 5.96. The van der Waals surface area contributed by atoms with E-state index in [9.17, 15) is 14.0 Å². The number of hydrogen-bond acceptors (Lipinski definition) is 5. The number of aromatic nitrogens is 3. The zero-order chi connectivity index (χ0) is 22.4. The quantitative estimate of drug-likeness (QED) is 0.475. The van der Waals surface area contributed by atoms with Crippen molar-refractivity contribution in [3.63, 3.8) is 0 Å². The number of thioether (sulfide) groups is 1. The minimum absolute atomic E-state index is 0.122. The maximum atomic E-state index is 12.9. The highest BCUT2D eigenvalue weighted by Gasteiger charge is 2.13. The summed E-state index contributed by atoms with van der Waals surface area (Å²) in [4.78, 5) is 24.3. The molecule has 162 valence electrons. The van der Waals surface area contributed by atoms with E-state index in [0.29, 0.717) is 45.2 Å². The molecule has 2 N–H and O–H groups in total. The number of benzene rings is 2. The monoisotopic (exact) mass is 481 g/mol. The SMILES string of the molecule is Cn1c(CCNC(=O)c2ccc(Cl)c(Cl)c2)nnc1SCC(=O)Nc1ccc(F)cc1. The van der Waals surface area contributed by atoms with Crippen LogP contribution in [0.3, 0.4) is 0 Å². The van der Waals surface area contributed by atoms with E-state index < -0.39 is 0 Å². The lowest BCUT2D eigenvalue weighted by Gasteiger charge is -2.07. The number of hydrogen-bond donors (Lipinski definition) is 2. The molecule has 0 aliphatic carbocycles. The highest BCUT2D eigenvalue weighted by molar-refractivity contribution is 7.99. The van der Waals surface area contributed by atoms with E-state index in [1.54, 1.807) is 23.7 Å². The largest absolute Gasteiger partial charge is 0.352 e. The van der Waals surface area contributed by atoms with Gasteiger partial charge in [0.1, 0.15) is 11.6 Å². The molecule has 11 heteroatoms. The summed E-state index contributed by atoms with van der Waals surface area (Å²) in [5.41, 5.74) is 0.930. The van der Waals surface area contributed by atoms with Gasteiger partial charge in [-0.05, 0) is 42.5 Å². The predicted octanol–water partition coefficient (Wildman–Crippen LogP) is 3.96. The van der Waals surface area contributed by atoms with Gasteiger partial charge < -0.3 is 15.2 Å². The molecule has 7 nitrogen and oxygen atoms in total. The van der Waals surface area contributed by atoms with E-state index in [1.165, 1.54) is 42.1 Å². The van der Waals surface area contributed by atoms with Crippen molar-refractivity contribution in [1.82, 2.24) is 20.1 Å². The number of carbonyl (C=O) groups excluding carboxylic acids is 2. The van der Waals surface area contributed by atoms with Gasteiger partial charge in [-0.2, -0.15) is 0 Å². The number of anilines is 1. The van der Waals surface area contributed by atoms with E-state index in [-0.39, 0.29) is 23.4 Å². The minimum atomic E-state index is -0.368. The maximum Gasteiger partial charge on any atom is 0.251 e. The predicted molar refractivity (Wildman–Crippen MR) is 119 cm³/mol. The van der Waals surface area contributed by atoms with Gasteiger partial charge in [0.25, 0.3) is 5.91 Å². The lowest BCUT2D eigenvalue weighted by molar-refractivity contribution is -0.113. The van der Waals surface area contributed by atoms with E-state index in [1.807, 2.05) is 0 Å². The number of carbonyl (C=O) groups is 2. The topological polar surface area (TPSA) is 88.9 Å². The lowest BCUT2D eigenvalue weighted by atomic mass is 10.2. The van der Waals surface area contributed by atoms with Crippen molar-refractivity contribution in [3.8, 4) is 0 Å². The van der Waals surface area contributed by atoms with E-state index in [2.05, 4.69) is 20.8 Å². The maximum absolute atomic E-state index is 12.9. The fourth-order valence-corrected chi connectivity index (χ4v) is 3.60. The van der Waals surface area contributed by atoms with Crippen LogP contribution in [0.4, 0.5) is 10.1 Å². The summed E-state index contributed by atoms with van der Waals surface area (Å²) in [5.74, 6) is -0.0944. The van der Waals surface area contributed by atoms with Gasteiger partial charge in [-0.1, -0.05) is 35.0 Å². The van der Waals surface area contributed by atoms with Gasteiger partial charge in [0.2, 0.25) is 5.91 Å². The summed E-state index contributed by atoms with van der Waals surface area (Å²) in [5, 5.41) is 14.9. The molecule has 3 rings (SSSR count). The summed E-state index contributed by atoms with van der Waals surface area (Å²) in [6.07, 6.45) is 0.457. The number of rotatable bonds is 8. The lowest BCUT2D eigenvalue weighted by Crippen LogP contribution is -2.26. The van der Waals surface area contributed by atoms with Gasteiger partial charge in [-0.15, -0.1) is 10.2 Å². The zero-order valence-electron chi connectivity index (χ0n) is 16.4. The van der Waals surface area contributed by atoms with Gasteiger partial charge in [-0.25, -0.2) is 4.39 Å². The van der Waals surface area contributed by atoms with Gasteiger partial charge in [0.05, 0.1) is 15.8 Å². The Kier molecular flexibility index (Phi) is 7.89. The molecule has 0 saturated carbocycles. The average molecular weight is 482 g/mol. The molecule has 0 saturated heterocycles. The molecule has 0 aliphatic heterocycles. The molecule has 0 spiro atoms. The third-order valence-electron chi connectivity index (χ3n) is 4.20. The van der Waals surface area contributed by atoms with Gasteiger partial charge in [0, 0.05) is 31.3 Å². The van der Waals surface area contributed by atoms with Crippen LogP contribution in [0.2, 0.25) is 10.0 Å². The molecular weight excluding hydrogens is 464 g/mol. The van der Waals surface area contributed by atoms with E-state index >= 15 is 0 Å². The van der Waals surface area contributed by atoms with Crippen molar-refractivity contribution < 1.29 is 14.0 Å². The summed E-state index contributed by atoms with van der Waals surface area (Å²) in [7, 11) is 1.79. The van der Waals surface area contributed by atoms with Crippen LogP contribution in [0, 0.1) is 5.82 Å². The number of amides is 2. The summed E-state index contributed by atoms with van der Waals surface area (Å²) < 4.78 is 14.7. The van der Waals surface area contributed by atoms with Crippen molar-refractivity contribution in [2.75, 3.05) is 17.6 Å². The first-order chi connectivity index (χ1) is 14.8. The Balaban J connectivity index is 1.47. The first kappa shape index (κ1) is 23.1. The second-order valence-electron chi connectivity index (χ2n) is 6.44. The first-order valence-electron chi connectivity index (χ1n) is 9.13.